The Labute approximate surface area is 182 Å². The number of aromatic nitrogens is 2. The van der Waals surface area contributed by atoms with Gasteiger partial charge in [0.25, 0.3) is 0 Å². The summed E-state index contributed by atoms with van der Waals surface area (Å²) in [6, 6.07) is 6.12. The second kappa shape index (κ2) is 8.07. The number of hydrogen-bond acceptors (Lipinski definition) is 6. The zero-order valence-electron chi connectivity index (χ0n) is 17.2. The van der Waals surface area contributed by atoms with Crippen LogP contribution < -0.4 is 10.6 Å². The highest BCUT2D eigenvalue weighted by molar-refractivity contribution is 6.33. The summed E-state index contributed by atoms with van der Waals surface area (Å²) in [6.45, 7) is 3.00. The lowest BCUT2D eigenvalue weighted by Gasteiger charge is -2.26. The second-order valence-corrected chi connectivity index (χ2v) is 9.00. The molecule has 4 N–H and O–H groups in total. The molecule has 1 aliphatic carbocycles. The fraction of sp³-hybridized carbons (Fsp3) is 0.478. The summed E-state index contributed by atoms with van der Waals surface area (Å²) in [4.78, 5) is 10.4. The first-order valence-electron chi connectivity index (χ1n) is 10.4. The number of rotatable bonds is 4. The number of aliphatic hydroxyl groups is 2. The van der Waals surface area contributed by atoms with Gasteiger partial charge in [0.15, 0.2) is 5.82 Å². The molecule has 0 spiro atoms. The summed E-state index contributed by atoms with van der Waals surface area (Å²) in [5, 5.41) is 20.4. The van der Waals surface area contributed by atoms with Crippen molar-refractivity contribution in [1.82, 2.24) is 9.97 Å². The van der Waals surface area contributed by atoms with Crippen molar-refractivity contribution in [3.05, 3.63) is 40.5 Å². The Balaban J connectivity index is 1.76. The number of nitrogens with zero attached hydrogens (tertiary/aromatic N) is 3. The Kier molecular flexibility index (Phi) is 5.63. The van der Waals surface area contributed by atoms with Gasteiger partial charge in [0.1, 0.15) is 10.6 Å². The van der Waals surface area contributed by atoms with Gasteiger partial charge in [-0.3, -0.25) is 0 Å². The van der Waals surface area contributed by atoms with Crippen molar-refractivity contribution in [2.24, 2.45) is 0 Å². The molecule has 2 aromatic rings. The second-order valence-electron chi connectivity index (χ2n) is 8.59. The molecule has 4 rings (SSSR count). The SMILES string of the molecule is CC1(CCCO)CN(c2nc(N)ncc2Cl)c2cc(C#CC3(O)CCCC3)ccc21. The molecule has 1 aromatic heterocycles. The zero-order valence-corrected chi connectivity index (χ0v) is 17.9. The average molecular weight is 427 g/mol. The van der Waals surface area contributed by atoms with Gasteiger partial charge in [-0.05, 0) is 56.2 Å². The molecule has 30 heavy (non-hydrogen) atoms. The van der Waals surface area contributed by atoms with Crippen LogP contribution in [0.2, 0.25) is 5.02 Å². The minimum Gasteiger partial charge on any atom is -0.396 e. The number of halogens is 1. The molecule has 1 unspecified atom stereocenters. The molecule has 0 bridgehead atoms. The van der Waals surface area contributed by atoms with Crippen LogP contribution in [-0.4, -0.2) is 38.9 Å². The zero-order chi connectivity index (χ0) is 21.4. The quantitative estimate of drug-likeness (QED) is 0.647. The third-order valence-corrected chi connectivity index (χ3v) is 6.47. The Morgan fingerprint density at radius 2 is 2.07 bits per heavy atom. The Bertz CT molecular complexity index is 1010. The maximum Gasteiger partial charge on any atom is 0.222 e. The van der Waals surface area contributed by atoms with E-state index in [1.807, 2.05) is 12.1 Å². The van der Waals surface area contributed by atoms with Crippen LogP contribution in [-0.2, 0) is 5.41 Å². The van der Waals surface area contributed by atoms with Gasteiger partial charge in [-0.25, -0.2) is 4.98 Å². The normalized spacial score (nSPS) is 21.9. The van der Waals surface area contributed by atoms with Gasteiger partial charge < -0.3 is 20.8 Å². The number of anilines is 3. The number of aliphatic hydroxyl groups excluding tert-OH is 1. The van der Waals surface area contributed by atoms with Crippen molar-refractivity contribution in [2.75, 3.05) is 23.8 Å². The highest BCUT2D eigenvalue weighted by Gasteiger charge is 2.40. The van der Waals surface area contributed by atoms with Crippen LogP contribution in [0.15, 0.2) is 24.4 Å². The van der Waals surface area contributed by atoms with Crippen molar-refractivity contribution in [3.63, 3.8) is 0 Å². The summed E-state index contributed by atoms with van der Waals surface area (Å²) >= 11 is 6.42. The molecule has 1 aromatic carbocycles. The summed E-state index contributed by atoms with van der Waals surface area (Å²) in [7, 11) is 0. The van der Waals surface area contributed by atoms with E-state index in [1.165, 1.54) is 6.20 Å². The number of fused-ring (bicyclic) bond motifs is 1. The van der Waals surface area contributed by atoms with E-state index in [4.69, 9.17) is 17.3 Å². The third kappa shape index (κ3) is 3.98. The molecule has 6 nitrogen and oxygen atoms in total. The highest BCUT2D eigenvalue weighted by atomic mass is 35.5. The number of nitrogen functional groups attached to an aromatic ring is 1. The molecule has 0 radical (unpaired) electrons. The van der Waals surface area contributed by atoms with E-state index in [2.05, 4.69) is 39.7 Å². The van der Waals surface area contributed by atoms with Gasteiger partial charge in [0.05, 0.1) is 6.20 Å². The van der Waals surface area contributed by atoms with Crippen LogP contribution in [0.3, 0.4) is 0 Å². The first kappa shape index (κ1) is 20.9. The predicted molar refractivity (Wildman–Crippen MR) is 119 cm³/mol. The molecule has 2 heterocycles. The van der Waals surface area contributed by atoms with Crippen molar-refractivity contribution >= 4 is 29.1 Å². The van der Waals surface area contributed by atoms with Gasteiger partial charge in [0, 0.05) is 29.8 Å². The standard InChI is InChI=1S/C23H27ClN4O2/c1-22(8-4-12-29)15-28(20-18(24)14-26-21(25)27-20)19-13-16(5-6-17(19)22)7-11-23(30)9-2-3-10-23/h5-6,13-14,29-30H,2-4,8-10,12,15H2,1H3,(H2,25,26,27). The first-order valence-corrected chi connectivity index (χ1v) is 10.8. The maximum absolute atomic E-state index is 10.6. The lowest BCUT2D eigenvalue weighted by atomic mass is 9.80. The van der Waals surface area contributed by atoms with Gasteiger partial charge >= 0.3 is 0 Å². The fourth-order valence-electron chi connectivity index (χ4n) is 4.57. The summed E-state index contributed by atoms with van der Waals surface area (Å²) < 4.78 is 0. The summed E-state index contributed by atoms with van der Waals surface area (Å²) in [5.74, 6) is 6.98. The minimum absolute atomic E-state index is 0.147. The van der Waals surface area contributed by atoms with E-state index in [0.29, 0.717) is 23.8 Å². The smallest absolute Gasteiger partial charge is 0.222 e. The molecule has 1 atom stereocenters. The van der Waals surface area contributed by atoms with Crippen LogP contribution in [0.25, 0.3) is 0 Å². The van der Waals surface area contributed by atoms with Crippen LogP contribution >= 0.6 is 11.6 Å². The molecule has 0 saturated heterocycles. The average Bonchev–Trinajstić information content (AvgIpc) is 3.29. The first-order chi connectivity index (χ1) is 14.3. The Morgan fingerprint density at radius 1 is 1.30 bits per heavy atom. The number of nitrogens with two attached hydrogens (primary N) is 1. The van der Waals surface area contributed by atoms with Crippen LogP contribution in [0.4, 0.5) is 17.5 Å². The van der Waals surface area contributed by atoms with Crippen LogP contribution in [0, 0.1) is 11.8 Å². The molecule has 2 aliphatic rings. The molecular formula is C23H27ClN4O2. The minimum atomic E-state index is -0.876. The van der Waals surface area contributed by atoms with E-state index in [9.17, 15) is 10.2 Å². The molecule has 1 saturated carbocycles. The van der Waals surface area contributed by atoms with Gasteiger partial charge in [-0.2, -0.15) is 4.98 Å². The monoisotopic (exact) mass is 426 g/mol. The molecule has 7 heteroatoms. The summed E-state index contributed by atoms with van der Waals surface area (Å²) in [5.41, 5.74) is 7.76. The Morgan fingerprint density at radius 3 is 2.80 bits per heavy atom. The predicted octanol–water partition coefficient (Wildman–Crippen LogP) is 3.55. The van der Waals surface area contributed by atoms with E-state index < -0.39 is 5.60 Å². The molecule has 1 fully saturated rings. The van der Waals surface area contributed by atoms with E-state index in [-0.39, 0.29) is 18.0 Å². The largest absolute Gasteiger partial charge is 0.396 e. The fourth-order valence-corrected chi connectivity index (χ4v) is 4.76. The molecular weight excluding hydrogens is 400 g/mol. The topological polar surface area (TPSA) is 95.5 Å². The number of hydrogen-bond donors (Lipinski definition) is 3. The summed E-state index contributed by atoms with van der Waals surface area (Å²) in [6.07, 6.45) is 6.54. The Hall–Kier alpha value is -2.33. The van der Waals surface area contributed by atoms with E-state index in [1.54, 1.807) is 0 Å². The molecule has 0 amide bonds. The van der Waals surface area contributed by atoms with Crippen molar-refractivity contribution in [1.29, 1.82) is 0 Å². The van der Waals surface area contributed by atoms with Gasteiger partial charge in [0.2, 0.25) is 5.95 Å². The van der Waals surface area contributed by atoms with Gasteiger partial charge in [-0.15, -0.1) is 0 Å². The van der Waals surface area contributed by atoms with Crippen LogP contribution in [0.5, 0.6) is 0 Å². The molecule has 1 aliphatic heterocycles. The maximum atomic E-state index is 10.6. The van der Waals surface area contributed by atoms with Crippen molar-refractivity contribution in [3.8, 4) is 11.8 Å². The van der Waals surface area contributed by atoms with Crippen molar-refractivity contribution in [2.45, 2.75) is 56.5 Å². The van der Waals surface area contributed by atoms with Crippen molar-refractivity contribution < 1.29 is 10.2 Å². The lowest BCUT2D eigenvalue weighted by molar-refractivity contribution is 0.110. The van der Waals surface area contributed by atoms with Crippen LogP contribution in [0.1, 0.15) is 56.6 Å². The van der Waals surface area contributed by atoms with E-state index >= 15 is 0 Å². The van der Waals surface area contributed by atoms with Gasteiger partial charge in [-0.1, -0.05) is 36.4 Å². The third-order valence-electron chi connectivity index (χ3n) is 6.20. The van der Waals surface area contributed by atoms with E-state index in [0.717, 1.165) is 48.9 Å². The number of benzene rings is 1. The molecule has 158 valence electrons. The highest BCUT2D eigenvalue weighted by Crippen LogP contribution is 2.47. The lowest BCUT2D eigenvalue weighted by Crippen LogP contribution is -2.29.